The average molecular weight is 421 g/mol. The highest BCUT2D eigenvalue weighted by Crippen LogP contribution is 2.54. The summed E-state index contributed by atoms with van der Waals surface area (Å²) >= 11 is 0. The lowest BCUT2D eigenvalue weighted by Crippen LogP contribution is -2.24. The van der Waals surface area contributed by atoms with Gasteiger partial charge in [0.2, 0.25) is 0 Å². The second-order valence-corrected chi connectivity index (χ2v) is 8.79. The summed E-state index contributed by atoms with van der Waals surface area (Å²) in [5, 5.41) is 0. The van der Waals surface area contributed by atoms with Crippen LogP contribution in [0.4, 0.5) is 0 Å². The van der Waals surface area contributed by atoms with Gasteiger partial charge in [0.25, 0.3) is 0 Å². The third kappa shape index (κ3) is 4.04. The van der Waals surface area contributed by atoms with Gasteiger partial charge in [0, 0.05) is 22.8 Å². The number of hydrogen-bond acceptors (Lipinski definition) is 4. The number of rotatable bonds is 6. The molecule has 2 atom stereocenters. The van der Waals surface area contributed by atoms with E-state index in [9.17, 15) is 0 Å². The lowest BCUT2D eigenvalue weighted by Gasteiger charge is -2.30. The molecule has 0 spiro atoms. The van der Waals surface area contributed by atoms with Crippen molar-refractivity contribution < 1.29 is 18.9 Å². The van der Waals surface area contributed by atoms with Gasteiger partial charge in [-0.2, -0.15) is 0 Å². The zero-order chi connectivity index (χ0) is 22.1. The standard InChI is InChI=1S/C27H32O4/c1-16(2)7-9-18-13-21-22-15-30-26-19(10-8-17(3)4)23(28-5)12-11-20(26)27(22)31-25(21)14-24(18)29-6/h7-8,11-14,22,27H,9-10,15H2,1-6H3. The first-order chi connectivity index (χ1) is 14.9. The van der Waals surface area contributed by atoms with Gasteiger partial charge in [-0.05, 0) is 64.3 Å². The van der Waals surface area contributed by atoms with Crippen molar-refractivity contribution in [2.45, 2.75) is 52.6 Å². The lowest BCUT2D eigenvalue weighted by molar-refractivity contribution is 0.138. The maximum Gasteiger partial charge on any atom is 0.138 e. The highest BCUT2D eigenvalue weighted by Gasteiger charge is 2.42. The van der Waals surface area contributed by atoms with Crippen LogP contribution in [-0.2, 0) is 12.8 Å². The topological polar surface area (TPSA) is 36.9 Å². The first-order valence-electron chi connectivity index (χ1n) is 10.9. The zero-order valence-electron chi connectivity index (χ0n) is 19.4. The molecule has 4 nitrogen and oxygen atoms in total. The van der Waals surface area contributed by atoms with Gasteiger partial charge in [0.05, 0.1) is 26.7 Å². The van der Waals surface area contributed by atoms with E-state index in [-0.39, 0.29) is 12.0 Å². The molecule has 0 aliphatic carbocycles. The van der Waals surface area contributed by atoms with Crippen LogP contribution in [0.3, 0.4) is 0 Å². The summed E-state index contributed by atoms with van der Waals surface area (Å²) in [7, 11) is 3.43. The monoisotopic (exact) mass is 420 g/mol. The molecule has 2 unspecified atom stereocenters. The second kappa shape index (κ2) is 8.70. The Kier molecular flexibility index (Phi) is 5.99. The molecule has 2 aromatic rings. The molecular weight excluding hydrogens is 388 g/mol. The molecule has 0 bridgehead atoms. The number of ether oxygens (including phenoxy) is 4. The molecule has 4 rings (SSSR count). The maximum atomic E-state index is 6.48. The molecular formula is C27H32O4. The van der Waals surface area contributed by atoms with Crippen LogP contribution in [0.5, 0.6) is 23.0 Å². The predicted octanol–water partition coefficient (Wildman–Crippen LogP) is 6.33. The fourth-order valence-electron chi connectivity index (χ4n) is 4.41. The minimum absolute atomic E-state index is 0.0569. The number of benzene rings is 2. The number of hydrogen-bond donors (Lipinski definition) is 0. The highest BCUT2D eigenvalue weighted by atomic mass is 16.5. The SMILES string of the molecule is COc1cc2c(cc1CC=C(C)C)C1COc3c(ccc(OC)c3CC=C(C)C)C1O2. The number of methoxy groups -OCH3 is 2. The van der Waals surface area contributed by atoms with Crippen molar-refractivity contribution in [2.75, 3.05) is 20.8 Å². The lowest BCUT2D eigenvalue weighted by atomic mass is 9.86. The molecule has 0 radical (unpaired) electrons. The van der Waals surface area contributed by atoms with Crippen molar-refractivity contribution in [1.82, 2.24) is 0 Å². The molecule has 0 N–H and O–H groups in total. The first-order valence-corrected chi connectivity index (χ1v) is 10.9. The molecule has 164 valence electrons. The van der Waals surface area contributed by atoms with Crippen LogP contribution in [0, 0.1) is 0 Å². The summed E-state index contributed by atoms with van der Waals surface area (Å²) in [4.78, 5) is 0. The minimum atomic E-state index is -0.0569. The summed E-state index contributed by atoms with van der Waals surface area (Å²) in [6, 6.07) is 8.39. The maximum absolute atomic E-state index is 6.48. The van der Waals surface area contributed by atoms with Gasteiger partial charge in [-0.1, -0.05) is 23.3 Å². The van der Waals surface area contributed by atoms with Gasteiger partial charge >= 0.3 is 0 Å². The third-order valence-corrected chi connectivity index (χ3v) is 6.06. The third-order valence-electron chi connectivity index (χ3n) is 6.06. The van der Waals surface area contributed by atoms with E-state index in [4.69, 9.17) is 18.9 Å². The Morgan fingerprint density at radius 1 is 0.935 bits per heavy atom. The Hall–Kier alpha value is -2.88. The van der Waals surface area contributed by atoms with E-state index in [0.29, 0.717) is 6.61 Å². The van der Waals surface area contributed by atoms with E-state index < -0.39 is 0 Å². The molecule has 0 aromatic heterocycles. The zero-order valence-corrected chi connectivity index (χ0v) is 19.4. The van der Waals surface area contributed by atoms with Crippen molar-refractivity contribution in [3.8, 4) is 23.0 Å². The van der Waals surface area contributed by atoms with E-state index in [1.54, 1.807) is 14.2 Å². The van der Waals surface area contributed by atoms with Crippen LogP contribution in [0.25, 0.3) is 0 Å². The summed E-state index contributed by atoms with van der Waals surface area (Å²) in [5.74, 6) is 3.70. The van der Waals surface area contributed by atoms with Crippen LogP contribution in [0.15, 0.2) is 47.6 Å². The molecule has 0 saturated carbocycles. The Morgan fingerprint density at radius 2 is 1.65 bits per heavy atom. The van der Waals surface area contributed by atoms with Crippen molar-refractivity contribution in [1.29, 1.82) is 0 Å². The predicted molar refractivity (Wildman–Crippen MR) is 124 cm³/mol. The average Bonchev–Trinajstić information content (AvgIpc) is 3.12. The number of allylic oxidation sites excluding steroid dienone is 4. The van der Waals surface area contributed by atoms with Gasteiger partial charge in [0.15, 0.2) is 0 Å². The normalized spacial score (nSPS) is 18.0. The number of fused-ring (bicyclic) bond motifs is 5. The van der Waals surface area contributed by atoms with Crippen LogP contribution < -0.4 is 18.9 Å². The Labute approximate surface area is 185 Å². The van der Waals surface area contributed by atoms with Crippen LogP contribution in [-0.4, -0.2) is 20.8 Å². The van der Waals surface area contributed by atoms with E-state index in [0.717, 1.165) is 47.0 Å². The smallest absolute Gasteiger partial charge is 0.138 e. The van der Waals surface area contributed by atoms with Gasteiger partial charge in [-0.3, -0.25) is 0 Å². The fraction of sp³-hybridized carbons (Fsp3) is 0.407. The van der Waals surface area contributed by atoms with E-state index >= 15 is 0 Å². The first kappa shape index (κ1) is 21.4. The van der Waals surface area contributed by atoms with Crippen molar-refractivity contribution in [3.63, 3.8) is 0 Å². The molecule has 0 fully saturated rings. The van der Waals surface area contributed by atoms with Crippen LogP contribution >= 0.6 is 0 Å². The molecule has 2 heterocycles. The summed E-state index contributed by atoms with van der Waals surface area (Å²) in [6.45, 7) is 9.04. The molecule has 0 saturated heterocycles. The fourth-order valence-corrected chi connectivity index (χ4v) is 4.41. The second-order valence-electron chi connectivity index (χ2n) is 8.79. The summed E-state index contributed by atoms with van der Waals surface area (Å²) < 4.78 is 24.1. The van der Waals surface area contributed by atoms with Crippen LogP contribution in [0.2, 0.25) is 0 Å². The Balaban J connectivity index is 1.73. The summed E-state index contributed by atoms with van der Waals surface area (Å²) in [6.07, 6.45) is 6.00. The van der Waals surface area contributed by atoms with Gasteiger partial charge in [-0.15, -0.1) is 0 Å². The van der Waals surface area contributed by atoms with Crippen molar-refractivity contribution in [2.24, 2.45) is 0 Å². The molecule has 2 aliphatic rings. The van der Waals surface area contributed by atoms with E-state index in [1.165, 1.54) is 22.3 Å². The highest BCUT2D eigenvalue weighted by molar-refractivity contribution is 5.58. The van der Waals surface area contributed by atoms with E-state index in [2.05, 4.69) is 52.0 Å². The molecule has 31 heavy (non-hydrogen) atoms. The minimum Gasteiger partial charge on any atom is -0.496 e. The molecule has 4 heteroatoms. The molecule has 0 amide bonds. The van der Waals surface area contributed by atoms with Gasteiger partial charge in [0.1, 0.15) is 29.1 Å². The largest absolute Gasteiger partial charge is 0.496 e. The molecule has 2 aromatic carbocycles. The summed E-state index contributed by atoms with van der Waals surface area (Å²) in [5.41, 5.74) is 7.13. The van der Waals surface area contributed by atoms with Crippen LogP contribution in [0.1, 0.15) is 62.0 Å². The quantitative estimate of drug-likeness (QED) is 0.512. The molecule has 2 aliphatic heterocycles. The van der Waals surface area contributed by atoms with Crippen molar-refractivity contribution in [3.05, 3.63) is 69.8 Å². The van der Waals surface area contributed by atoms with Crippen molar-refractivity contribution >= 4 is 0 Å². The van der Waals surface area contributed by atoms with Gasteiger partial charge in [-0.25, -0.2) is 0 Å². The Morgan fingerprint density at radius 3 is 2.32 bits per heavy atom. The van der Waals surface area contributed by atoms with E-state index in [1.807, 2.05) is 12.1 Å². The Bertz CT molecular complexity index is 1040. The van der Waals surface area contributed by atoms with Gasteiger partial charge < -0.3 is 18.9 Å².